The summed E-state index contributed by atoms with van der Waals surface area (Å²) in [6, 6.07) is -0.873. The summed E-state index contributed by atoms with van der Waals surface area (Å²) < 4.78 is 0. The van der Waals surface area contributed by atoms with E-state index in [-0.39, 0.29) is 0 Å². The fraction of sp³-hybridized carbons (Fsp3) is 0.333. The molecule has 0 aromatic carbocycles. The molecule has 0 aromatic rings. The maximum atomic E-state index is 10.7. The third-order valence-corrected chi connectivity index (χ3v) is 1.89. The molecule has 70 valence electrons. The number of rotatable bonds is 4. The van der Waals surface area contributed by atoms with Gasteiger partial charge in [0.05, 0.1) is 0 Å². The zero-order valence-corrected chi connectivity index (χ0v) is 7.06. The molecule has 1 amide bonds. The van der Waals surface area contributed by atoms with Crippen LogP contribution in [0.25, 0.3) is 0 Å². The van der Waals surface area contributed by atoms with Crippen molar-refractivity contribution in [3.05, 3.63) is 23.8 Å². The van der Waals surface area contributed by atoms with Crippen LogP contribution in [0.2, 0.25) is 0 Å². The first-order valence-corrected chi connectivity index (χ1v) is 4.02. The topological polar surface area (TPSA) is 66.4 Å². The van der Waals surface area contributed by atoms with Crippen molar-refractivity contribution < 1.29 is 14.7 Å². The molecule has 1 atom stereocenters. The van der Waals surface area contributed by atoms with Crippen LogP contribution in [0.1, 0.15) is 12.8 Å². The van der Waals surface area contributed by atoms with Gasteiger partial charge in [-0.25, -0.2) is 4.79 Å². The Balaban J connectivity index is 2.68. The van der Waals surface area contributed by atoms with E-state index in [1.54, 1.807) is 0 Å². The van der Waals surface area contributed by atoms with Gasteiger partial charge in [0, 0.05) is 0 Å². The third kappa shape index (κ3) is 2.43. The highest BCUT2D eigenvalue weighted by molar-refractivity contribution is 5.80. The number of carboxylic acids is 1. The maximum Gasteiger partial charge on any atom is 0.330 e. The lowest BCUT2D eigenvalue weighted by Gasteiger charge is -2.15. The Hall–Kier alpha value is -1.58. The minimum atomic E-state index is -1.02. The van der Waals surface area contributed by atoms with E-state index in [1.165, 1.54) is 0 Å². The molecule has 1 unspecified atom stereocenters. The van der Waals surface area contributed by atoms with Gasteiger partial charge in [-0.3, -0.25) is 4.79 Å². The van der Waals surface area contributed by atoms with Crippen molar-refractivity contribution in [1.82, 2.24) is 5.32 Å². The minimum Gasteiger partial charge on any atom is -0.479 e. The van der Waals surface area contributed by atoms with E-state index in [4.69, 9.17) is 5.11 Å². The van der Waals surface area contributed by atoms with Gasteiger partial charge in [0.15, 0.2) is 0 Å². The Labute approximate surface area is 75.9 Å². The molecule has 1 aliphatic carbocycles. The second-order valence-corrected chi connectivity index (χ2v) is 2.75. The molecule has 0 bridgehead atoms. The van der Waals surface area contributed by atoms with Crippen LogP contribution in [0.15, 0.2) is 23.8 Å². The van der Waals surface area contributed by atoms with Crippen LogP contribution in [0.3, 0.4) is 0 Å². The van der Waals surface area contributed by atoms with Crippen LogP contribution in [0, 0.1) is 0 Å². The summed E-state index contributed by atoms with van der Waals surface area (Å²) in [5.74, 6) is -1.02. The highest BCUT2D eigenvalue weighted by atomic mass is 16.4. The van der Waals surface area contributed by atoms with Crippen molar-refractivity contribution in [1.29, 1.82) is 0 Å². The number of hydrogen-bond donors (Lipinski definition) is 2. The summed E-state index contributed by atoms with van der Waals surface area (Å²) in [6.07, 6.45) is 7.44. The molecule has 13 heavy (non-hydrogen) atoms. The first kappa shape index (κ1) is 9.51. The van der Waals surface area contributed by atoms with Crippen molar-refractivity contribution in [3.8, 4) is 0 Å². The van der Waals surface area contributed by atoms with Crippen molar-refractivity contribution in [2.75, 3.05) is 0 Å². The Morgan fingerprint density at radius 3 is 2.85 bits per heavy atom. The van der Waals surface area contributed by atoms with Crippen LogP contribution >= 0.6 is 0 Å². The smallest absolute Gasteiger partial charge is 0.330 e. The number of hydrogen-bond acceptors (Lipinski definition) is 2. The third-order valence-electron chi connectivity index (χ3n) is 1.89. The number of allylic oxidation sites excluding steroid dienone is 3. The summed E-state index contributed by atoms with van der Waals surface area (Å²) in [6.45, 7) is 0. The molecule has 1 rings (SSSR count). The number of carbonyl (C=O) groups excluding carboxylic acids is 1. The molecule has 4 nitrogen and oxygen atoms in total. The minimum absolute atomic E-state index is 0.415. The lowest BCUT2D eigenvalue weighted by Crippen LogP contribution is -2.37. The standard InChI is InChI=1S/C9H11NO3/c11-6-10-8(9(12)13)7-4-2-1-3-5-7/h1-2,5-6,8H,3-4H2,(H,10,11)(H,12,13). The van der Waals surface area contributed by atoms with Gasteiger partial charge in [-0.15, -0.1) is 0 Å². The molecule has 0 aliphatic heterocycles. The summed E-state index contributed by atoms with van der Waals surface area (Å²) in [7, 11) is 0. The number of carbonyl (C=O) groups is 2. The zero-order chi connectivity index (χ0) is 9.68. The van der Waals surface area contributed by atoms with Crippen molar-refractivity contribution in [2.45, 2.75) is 18.9 Å². The van der Waals surface area contributed by atoms with Gasteiger partial charge in [-0.2, -0.15) is 0 Å². The lowest BCUT2D eigenvalue weighted by atomic mass is 9.99. The van der Waals surface area contributed by atoms with Crippen LogP contribution in [-0.2, 0) is 9.59 Å². The molecule has 0 saturated heterocycles. The van der Waals surface area contributed by atoms with E-state index in [1.807, 2.05) is 18.2 Å². The highest BCUT2D eigenvalue weighted by Crippen LogP contribution is 2.14. The van der Waals surface area contributed by atoms with Gasteiger partial charge in [0.1, 0.15) is 6.04 Å². The molecule has 0 spiro atoms. The number of carboxylic acid groups (broad SMARTS) is 1. The number of nitrogens with one attached hydrogen (secondary N) is 1. The van der Waals surface area contributed by atoms with Gasteiger partial charge in [-0.1, -0.05) is 18.2 Å². The van der Waals surface area contributed by atoms with E-state index in [2.05, 4.69) is 5.32 Å². The van der Waals surface area contributed by atoms with Crippen LogP contribution in [-0.4, -0.2) is 23.5 Å². The van der Waals surface area contributed by atoms with Crippen molar-refractivity contribution in [2.24, 2.45) is 0 Å². The Morgan fingerprint density at radius 1 is 1.62 bits per heavy atom. The molecule has 0 aromatic heterocycles. The molecule has 0 saturated carbocycles. The molecule has 4 heteroatoms. The van der Waals surface area contributed by atoms with E-state index in [9.17, 15) is 9.59 Å². The number of aliphatic carboxylic acids is 1. The Kier molecular flexibility index (Phi) is 3.25. The van der Waals surface area contributed by atoms with Crippen molar-refractivity contribution in [3.63, 3.8) is 0 Å². The van der Waals surface area contributed by atoms with E-state index >= 15 is 0 Å². The summed E-state index contributed by atoms with van der Waals surface area (Å²) >= 11 is 0. The van der Waals surface area contributed by atoms with Crippen molar-refractivity contribution >= 4 is 12.4 Å². The second kappa shape index (κ2) is 4.45. The fourth-order valence-corrected chi connectivity index (χ4v) is 1.26. The van der Waals surface area contributed by atoms with E-state index in [0.29, 0.717) is 12.8 Å². The Morgan fingerprint density at radius 2 is 2.38 bits per heavy atom. The molecule has 0 radical (unpaired) electrons. The van der Waals surface area contributed by atoms with Gasteiger partial charge in [-0.05, 0) is 18.4 Å². The van der Waals surface area contributed by atoms with Gasteiger partial charge in [0.25, 0.3) is 0 Å². The number of amides is 1. The highest BCUT2D eigenvalue weighted by Gasteiger charge is 2.20. The molecule has 0 fully saturated rings. The summed E-state index contributed by atoms with van der Waals surface area (Å²) in [5.41, 5.74) is 0.738. The predicted octanol–water partition coefficient (Wildman–Crippen LogP) is 0.462. The van der Waals surface area contributed by atoms with E-state index < -0.39 is 12.0 Å². The molecule has 2 N–H and O–H groups in total. The quantitative estimate of drug-likeness (QED) is 0.489. The SMILES string of the molecule is O=CNC(C(=O)O)C1=CCC=CC1. The largest absolute Gasteiger partial charge is 0.479 e. The monoisotopic (exact) mass is 181 g/mol. The molecular weight excluding hydrogens is 170 g/mol. The lowest BCUT2D eigenvalue weighted by molar-refractivity contribution is -0.139. The fourth-order valence-electron chi connectivity index (χ4n) is 1.26. The Bertz CT molecular complexity index is 268. The summed E-state index contributed by atoms with van der Waals surface area (Å²) in [5, 5.41) is 11.0. The van der Waals surface area contributed by atoms with Gasteiger partial charge >= 0.3 is 5.97 Å². The molecule has 1 aliphatic rings. The maximum absolute atomic E-state index is 10.7. The van der Waals surface area contributed by atoms with Gasteiger partial charge in [0.2, 0.25) is 6.41 Å². The van der Waals surface area contributed by atoms with Crippen LogP contribution < -0.4 is 5.32 Å². The normalized spacial score (nSPS) is 17.4. The van der Waals surface area contributed by atoms with Crippen LogP contribution in [0.4, 0.5) is 0 Å². The van der Waals surface area contributed by atoms with Crippen LogP contribution in [0.5, 0.6) is 0 Å². The first-order valence-electron chi connectivity index (χ1n) is 4.02. The molecule has 0 heterocycles. The average molecular weight is 181 g/mol. The average Bonchev–Trinajstić information content (AvgIpc) is 2.15. The van der Waals surface area contributed by atoms with E-state index in [0.717, 1.165) is 12.0 Å². The zero-order valence-electron chi connectivity index (χ0n) is 7.06. The second-order valence-electron chi connectivity index (χ2n) is 2.75. The predicted molar refractivity (Wildman–Crippen MR) is 47.1 cm³/mol. The summed E-state index contributed by atoms with van der Waals surface area (Å²) in [4.78, 5) is 20.8. The van der Waals surface area contributed by atoms with Gasteiger partial charge < -0.3 is 10.4 Å². The molecular formula is C9H11NO3. The first-order chi connectivity index (χ1) is 6.25.